The monoisotopic (exact) mass is 165 g/mol. The fourth-order valence-corrected chi connectivity index (χ4v) is 0.812. The van der Waals surface area contributed by atoms with E-state index >= 15 is 0 Å². The van der Waals surface area contributed by atoms with Gasteiger partial charge in [-0.3, -0.25) is 4.79 Å². The minimum atomic E-state index is -0.0702. The highest BCUT2D eigenvalue weighted by atomic mass is 16.1. The third-order valence-electron chi connectivity index (χ3n) is 1.35. The zero-order chi connectivity index (χ0) is 8.97. The number of anilines is 1. The Labute approximate surface area is 70.8 Å². The predicted molar refractivity (Wildman–Crippen MR) is 46.2 cm³/mol. The van der Waals surface area contributed by atoms with Gasteiger partial charge in [-0.1, -0.05) is 6.07 Å². The molecule has 0 spiro atoms. The molecule has 1 heterocycles. The van der Waals surface area contributed by atoms with Crippen LogP contribution in [0.1, 0.15) is 12.6 Å². The second kappa shape index (κ2) is 3.71. The highest BCUT2D eigenvalue weighted by Gasteiger charge is 1.95. The number of amides is 1. The zero-order valence-corrected chi connectivity index (χ0v) is 6.87. The van der Waals surface area contributed by atoms with Crippen LogP contribution < -0.4 is 11.1 Å². The van der Waals surface area contributed by atoms with Crippen molar-refractivity contribution in [2.45, 2.75) is 13.5 Å². The second-order valence-electron chi connectivity index (χ2n) is 2.46. The van der Waals surface area contributed by atoms with Crippen molar-refractivity contribution >= 4 is 11.7 Å². The summed E-state index contributed by atoms with van der Waals surface area (Å²) < 4.78 is 0. The highest BCUT2D eigenvalue weighted by Crippen LogP contribution is 1.99. The van der Waals surface area contributed by atoms with Crippen molar-refractivity contribution in [1.29, 1.82) is 0 Å². The number of nitrogen functional groups attached to an aromatic ring is 1. The summed E-state index contributed by atoms with van der Waals surface area (Å²) in [6.07, 6.45) is 0. The van der Waals surface area contributed by atoms with Gasteiger partial charge in [0, 0.05) is 6.92 Å². The standard InChI is InChI=1S/C8H11N3O/c1-6(12)10-5-7-3-2-4-8(9)11-7/h2-4H,5H2,1H3,(H2,9,11)(H,10,12). The molecule has 12 heavy (non-hydrogen) atoms. The van der Waals surface area contributed by atoms with Crippen molar-refractivity contribution in [3.8, 4) is 0 Å². The Bertz CT molecular complexity index is 285. The van der Waals surface area contributed by atoms with Gasteiger partial charge >= 0.3 is 0 Å². The molecule has 0 aliphatic carbocycles. The first-order valence-corrected chi connectivity index (χ1v) is 3.64. The Balaban J connectivity index is 2.57. The van der Waals surface area contributed by atoms with Gasteiger partial charge in [-0.15, -0.1) is 0 Å². The van der Waals surface area contributed by atoms with E-state index in [9.17, 15) is 4.79 Å². The lowest BCUT2D eigenvalue weighted by atomic mass is 10.3. The molecule has 1 rings (SSSR count). The van der Waals surface area contributed by atoms with E-state index in [0.717, 1.165) is 5.69 Å². The lowest BCUT2D eigenvalue weighted by molar-refractivity contribution is -0.119. The summed E-state index contributed by atoms with van der Waals surface area (Å²) in [5, 5.41) is 2.63. The maximum Gasteiger partial charge on any atom is 0.217 e. The summed E-state index contributed by atoms with van der Waals surface area (Å²) in [6.45, 7) is 1.90. The van der Waals surface area contributed by atoms with Gasteiger partial charge in [0.1, 0.15) is 5.82 Å². The second-order valence-corrected chi connectivity index (χ2v) is 2.46. The molecule has 0 radical (unpaired) electrons. The van der Waals surface area contributed by atoms with Gasteiger partial charge in [0.05, 0.1) is 12.2 Å². The van der Waals surface area contributed by atoms with Crippen molar-refractivity contribution < 1.29 is 4.79 Å². The molecule has 0 fully saturated rings. The number of pyridine rings is 1. The zero-order valence-electron chi connectivity index (χ0n) is 6.87. The first kappa shape index (κ1) is 8.52. The van der Waals surface area contributed by atoms with E-state index in [1.54, 1.807) is 12.1 Å². The third kappa shape index (κ3) is 2.57. The Morgan fingerprint density at radius 3 is 3.00 bits per heavy atom. The highest BCUT2D eigenvalue weighted by molar-refractivity contribution is 5.72. The van der Waals surface area contributed by atoms with Crippen molar-refractivity contribution in [3.63, 3.8) is 0 Å². The fourth-order valence-electron chi connectivity index (χ4n) is 0.812. The molecule has 1 aromatic heterocycles. The molecule has 4 nitrogen and oxygen atoms in total. The number of rotatable bonds is 2. The Morgan fingerprint density at radius 1 is 1.67 bits per heavy atom. The number of carbonyl (C=O) groups is 1. The number of carbonyl (C=O) groups excluding carboxylic acids is 1. The van der Waals surface area contributed by atoms with E-state index in [2.05, 4.69) is 10.3 Å². The fraction of sp³-hybridized carbons (Fsp3) is 0.250. The molecule has 0 aromatic carbocycles. The maximum atomic E-state index is 10.5. The lowest BCUT2D eigenvalue weighted by Gasteiger charge is -2.01. The van der Waals surface area contributed by atoms with Crippen molar-refractivity contribution in [3.05, 3.63) is 23.9 Å². The van der Waals surface area contributed by atoms with E-state index < -0.39 is 0 Å². The number of hydrogen-bond acceptors (Lipinski definition) is 3. The SMILES string of the molecule is CC(=O)NCc1cccc(N)n1. The predicted octanol–water partition coefficient (Wildman–Crippen LogP) is 0.300. The first-order valence-electron chi connectivity index (χ1n) is 3.64. The molecule has 1 amide bonds. The first-order chi connectivity index (χ1) is 5.68. The Morgan fingerprint density at radius 2 is 2.42 bits per heavy atom. The van der Waals surface area contributed by atoms with Gasteiger partial charge in [-0.05, 0) is 12.1 Å². The van der Waals surface area contributed by atoms with E-state index in [-0.39, 0.29) is 5.91 Å². The van der Waals surface area contributed by atoms with Crippen LogP contribution in [0.25, 0.3) is 0 Å². The normalized spacial score (nSPS) is 9.42. The van der Waals surface area contributed by atoms with Crippen LogP contribution in [0, 0.1) is 0 Å². The summed E-state index contributed by atoms with van der Waals surface area (Å²) >= 11 is 0. The molecule has 0 aliphatic rings. The summed E-state index contributed by atoms with van der Waals surface area (Å²) in [7, 11) is 0. The van der Waals surface area contributed by atoms with Gasteiger partial charge in [-0.2, -0.15) is 0 Å². The van der Waals surface area contributed by atoms with Crippen LogP contribution in [0.15, 0.2) is 18.2 Å². The molecule has 3 N–H and O–H groups in total. The quantitative estimate of drug-likeness (QED) is 0.662. The van der Waals surface area contributed by atoms with Crippen molar-refractivity contribution in [2.75, 3.05) is 5.73 Å². The van der Waals surface area contributed by atoms with E-state index in [1.165, 1.54) is 6.92 Å². The molecule has 0 bridgehead atoms. The molecule has 4 heteroatoms. The number of nitrogens with one attached hydrogen (secondary N) is 1. The largest absolute Gasteiger partial charge is 0.384 e. The number of aromatic nitrogens is 1. The summed E-state index contributed by atoms with van der Waals surface area (Å²) in [5.41, 5.74) is 6.21. The van der Waals surface area contributed by atoms with Crippen LogP contribution in [-0.2, 0) is 11.3 Å². The molecule has 0 aliphatic heterocycles. The topological polar surface area (TPSA) is 68.0 Å². The van der Waals surface area contributed by atoms with Gasteiger partial charge in [-0.25, -0.2) is 4.98 Å². The maximum absolute atomic E-state index is 10.5. The van der Waals surface area contributed by atoms with Gasteiger partial charge in [0.25, 0.3) is 0 Å². The molecular formula is C8H11N3O. The lowest BCUT2D eigenvalue weighted by Crippen LogP contribution is -2.19. The van der Waals surface area contributed by atoms with Crippen LogP contribution in [0.5, 0.6) is 0 Å². The van der Waals surface area contributed by atoms with Gasteiger partial charge in [0.15, 0.2) is 0 Å². The molecule has 0 saturated carbocycles. The van der Waals surface area contributed by atoms with Crippen molar-refractivity contribution in [2.24, 2.45) is 0 Å². The number of nitrogens with two attached hydrogens (primary N) is 1. The van der Waals surface area contributed by atoms with Crippen LogP contribution in [0.3, 0.4) is 0 Å². The van der Waals surface area contributed by atoms with Crippen LogP contribution >= 0.6 is 0 Å². The average Bonchev–Trinajstić information content (AvgIpc) is 2.01. The minimum absolute atomic E-state index is 0.0702. The van der Waals surface area contributed by atoms with Gasteiger partial charge in [0.2, 0.25) is 5.91 Å². The Kier molecular flexibility index (Phi) is 2.63. The number of hydrogen-bond donors (Lipinski definition) is 2. The van der Waals surface area contributed by atoms with E-state index in [4.69, 9.17) is 5.73 Å². The van der Waals surface area contributed by atoms with E-state index in [0.29, 0.717) is 12.4 Å². The van der Waals surface area contributed by atoms with Crippen LogP contribution in [0.4, 0.5) is 5.82 Å². The van der Waals surface area contributed by atoms with Crippen molar-refractivity contribution in [1.82, 2.24) is 10.3 Å². The molecule has 0 saturated heterocycles. The molecular weight excluding hydrogens is 154 g/mol. The molecule has 64 valence electrons. The summed E-state index contributed by atoms with van der Waals surface area (Å²) in [6, 6.07) is 5.32. The molecule has 0 atom stereocenters. The summed E-state index contributed by atoms with van der Waals surface area (Å²) in [4.78, 5) is 14.5. The van der Waals surface area contributed by atoms with Gasteiger partial charge < -0.3 is 11.1 Å². The molecule has 0 unspecified atom stereocenters. The average molecular weight is 165 g/mol. The number of nitrogens with zero attached hydrogens (tertiary/aromatic N) is 1. The third-order valence-corrected chi connectivity index (χ3v) is 1.35. The van der Waals surface area contributed by atoms with Crippen LogP contribution in [-0.4, -0.2) is 10.9 Å². The minimum Gasteiger partial charge on any atom is -0.384 e. The summed E-state index contributed by atoms with van der Waals surface area (Å²) in [5.74, 6) is 0.400. The van der Waals surface area contributed by atoms with Crippen LogP contribution in [0.2, 0.25) is 0 Å². The smallest absolute Gasteiger partial charge is 0.217 e. The van der Waals surface area contributed by atoms with E-state index in [1.807, 2.05) is 6.07 Å². The Hall–Kier alpha value is -1.58. The molecule has 1 aromatic rings.